The molecule has 0 aliphatic rings. The predicted molar refractivity (Wildman–Crippen MR) is 64.1 cm³/mol. The second-order valence-electron chi connectivity index (χ2n) is 3.65. The summed E-state index contributed by atoms with van der Waals surface area (Å²) in [6.45, 7) is 1.84. The lowest BCUT2D eigenvalue weighted by Gasteiger charge is -2.06. The van der Waals surface area contributed by atoms with Gasteiger partial charge in [-0.1, -0.05) is 11.6 Å². The van der Waals surface area contributed by atoms with Gasteiger partial charge in [-0.2, -0.15) is 0 Å². The highest BCUT2D eigenvalue weighted by molar-refractivity contribution is 6.32. The number of aromatic nitrogens is 1. The van der Waals surface area contributed by atoms with Crippen molar-refractivity contribution in [2.75, 3.05) is 5.32 Å². The molecule has 0 fully saturated rings. The van der Waals surface area contributed by atoms with E-state index in [4.69, 9.17) is 16.7 Å². The van der Waals surface area contributed by atoms with E-state index in [1.54, 1.807) is 12.3 Å². The van der Waals surface area contributed by atoms with E-state index in [1.807, 2.05) is 6.92 Å². The molecule has 5 nitrogen and oxygen atoms in total. The Morgan fingerprint density at radius 2 is 2.18 bits per heavy atom. The molecule has 1 aromatic heterocycles. The fourth-order valence-electron chi connectivity index (χ4n) is 1.25. The first kappa shape index (κ1) is 13.4. The number of nitrogens with zero attached hydrogens (tertiary/aromatic N) is 1. The summed E-state index contributed by atoms with van der Waals surface area (Å²) in [6, 6.07) is 1.71. The van der Waals surface area contributed by atoms with Crippen LogP contribution in [0.15, 0.2) is 12.3 Å². The third-order valence-electron chi connectivity index (χ3n) is 2.04. The van der Waals surface area contributed by atoms with E-state index >= 15 is 0 Å². The van der Waals surface area contributed by atoms with Gasteiger partial charge in [0.15, 0.2) is 5.15 Å². The van der Waals surface area contributed by atoms with Crippen molar-refractivity contribution in [3.05, 3.63) is 23.0 Å². The molecule has 1 amide bonds. The van der Waals surface area contributed by atoms with Gasteiger partial charge in [-0.15, -0.1) is 0 Å². The molecule has 1 heterocycles. The summed E-state index contributed by atoms with van der Waals surface area (Å²) in [5, 5.41) is 11.3. The van der Waals surface area contributed by atoms with Gasteiger partial charge < -0.3 is 10.4 Å². The number of carbonyl (C=O) groups is 2. The van der Waals surface area contributed by atoms with Crippen molar-refractivity contribution in [2.45, 2.75) is 26.2 Å². The van der Waals surface area contributed by atoms with E-state index in [2.05, 4.69) is 10.3 Å². The maximum Gasteiger partial charge on any atom is 0.303 e. The van der Waals surface area contributed by atoms with Crippen LogP contribution in [0.25, 0.3) is 0 Å². The minimum absolute atomic E-state index is 0.0206. The van der Waals surface area contributed by atoms with Crippen molar-refractivity contribution in [1.82, 2.24) is 4.98 Å². The fourth-order valence-corrected chi connectivity index (χ4v) is 1.40. The van der Waals surface area contributed by atoms with Crippen molar-refractivity contribution in [3.63, 3.8) is 0 Å². The van der Waals surface area contributed by atoms with Crippen LogP contribution < -0.4 is 5.32 Å². The van der Waals surface area contributed by atoms with Gasteiger partial charge in [0, 0.05) is 19.0 Å². The molecule has 0 aliphatic carbocycles. The molecule has 1 aromatic rings. The first-order valence-corrected chi connectivity index (χ1v) is 5.50. The van der Waals surface area contributed by atoms with E-state index in [-0.39, 0.29) is 23.9 Å². The van der Waals surface area contributed by atoms with Crippen molar-refractivity contribution >= 4 is 29.2 Å². The first-order chi connectivity index (χ1) is 7.99. The molecule has 0 radical (unpaired) electrons. The Hall–Kier alpha value is -1.62. The lowest BCUT2D eigenvalue weighted by molar-refractivity contribution is -0.137. The first-order valence-electron chi connectivity index (χ1n) is 5.13. The quantitative estimate of drug-likeness (QED) is 0.792. The minimum Gasteiger partial charge on any atom is -0.481 e. The highest BCUT2D eigenvalue weighted by Crippen LogP contribution is 2.20. The van der Waals surface area contributed by atoms with E-state index in [9.17, 15) is 9.59 Å². The second kappa shape index (κ2) is 6.20. The third kappa shape index (κ3) is 4.82. The summed E-state index contributed by atoms with van der Waals surface area (Å²) in [4.78, 5) is 25.6. The number of rotatable bonds is 5. The van der Waals surface area contributed by atoms with Gasteiger partial charge in [-0.3, -0.25) is 9.59 Å². The van der Waals surface area contributed by atoms with Crippen LogP contribution in [0.2, 0.25) is 5.15 Å². The van der Waals surface area contributed by atoms with Crippen LogP contribution in [0.3, 0.4) is 0 Å². The van der Waals surface area contributed by atoms with Crippen molar-refractivity contribution in [3.8, 4) is 0 Å². The Morgan fingerprint density at radius 1 is 1.47 bits per heavy atom. The number of amides is 1. The molecule has 0 aliphatic heterocycles. The molecule has 0 aromatic carbocycles. The second-order valence-corrected chi connectivity index (χ2v) is 4.00. The zero-order valence-corrected chi connectivity index (χ0v) is 10.1. The summed E-state index contributed by atoms with van der Waals surface area (Å²) < 4.78 is 0. The topological polar surface area (TPSA) is 79.3 Å². The summed E-state index contributed by atoms with van der Waals surface area (Å²) >= 11 is 5.80. The van der Waals surface area contributed by atoms with Crippen molar-refractivity contribution in [1.29, 1.82) is 0 Å². The monoisotopic (exact) mass is 256 g/mol. The fraction of sp³-hybridized carbons (Fsp3) is 0.364. The van der Waals surface area contributed by atoms with Gasteiger partial charge in [0.1, 0.15) is 0 Å². The number of halogens is 1. The van der Waals surface area contributed by atoms with Crippen molar-refractivity contribution < 1.29 is 14.7 Å². The maximum absolute atomic E-state index is 11.5. The number of nitrogens with one attached hydrogen (secondary N) is 1. The maximum atomic E-state index is 11.5. The summed E-state index contributed by atoms with van der Waals surface area (Å²) in [5.41, 5.74) is 1.34. The lowest BCUT2D eigenvalue weighted by Crippen LogP contribution is -2.12. The number of aryl methyl sites for hydroxylation is 1. The number of hydrogen-bond donors (Lipinski definition) is 2. The summed E-state index contributed by atoms with van der Waals surface area (Å²) in [5.74, 6) is -1.17. The average Bonchev–Trinajstić information content (AvgIpc) is 2.23. The smallest absolute Gasteiger partial charge is 0.303 e. The minimum atomic E-state index is -0.909. The Balaban J connectivity index is 2.50. The number of pyridine rings is 1. The average molecular weight is 257 g/mol. The third-order valence-corrected chi connectivity index (χ3v) is 2.35. The molecule has 0 unspecified atom stereocenters. The van der Waals surface area contributed by atoms with E-state index in [0.717, 1.165) is 5.56 Å². The lowest BCUT2D eigenvalue weighted by atomic mass is 10.2. The molecule has 2 N–H and O–H groups in total. The van der Waals surface area contributed by atoms with Crippen LogP contribution in [0, 0.1) is 6.92 Å². The van der Waals surface area contributed by atoms with E-state index < -0.39 is 5.97 Å². The molecule has 0 atom stereocenters. The van der Waals surface area contributed by atoms with Crippen LogP contribution in [0.5, 0.6) is 0 Å². The standard InChI is InChI=1S/C11H13ClN2O3/c1-7-5-8(11(12)13-6-7)14-9(15)3-2-4-10(16)17/h5-6H,2-4H2,1H3,(H,14,15)(H,16,17). The molecule has 0 saturated carbocycles. The zero-order chi connectivity index (χ0) is 12.8. The highest BCUT2D eigenvalue weighted by atomic mass is 35.5. The predicted octanol–water partition coefficient (Wildman–Crippen LogP) is 2.24. The van der Waals surface area contributed by atoms with Crippen molar-refractivity contribution in [2.24, 2.45) is 0 Å². The largest absolute Gasteiger partial charge is 0.481 e. The molecule has 17 heavy (non-hydrogen) atoms. The summed E-state index contributed by atoms with van der Waals surface area (Å²) in [7, 11) is 0. The van der Waals surface area contributed by atoms with Gasteiger partial charge >= 0.3 is 5.97 Å². The van der Waals surface area contributed by atoms with Gasteiger partial charge in [0.25, 0.3) is 0 Å². The molecule has 92 valence electrons. The highest BCUT2D eigenvalue weighted by Gasteiger charge is 2.07. The Morgan fingerprint density at radius 3 is 2.82 bits per heavy atom. The number of anilines is 1. The van der Waals surface area contributed by atoms with Crippen LogP contribution in [-0.2, 0) is 9.59 Å². The molecular formula is C11H13ClN2O3. The van der Waals surface area contributed by atoms with Gasteiger partial charge in [-0.25, -0.2) is 4.98 Å². The molecule has 6 heteroatoms. The van der Waals surface area contributed by atoms with E-state index in [1.165, 1.54) is 0 Å². The number of carbonyl (C=O) groups excluding carboxylic acids is 1. The Bertz CT molecular complexity index is 435. The molecule has 1 rings (SSSR count). The van der Waals surface area contributed by atoms with Gasteiger partial charge in [-0.05, 0) is 25.0 Å². The van der Waals surface area contributed by atoms with Gasteiger partial charge in [0.2, 0.25) is 5.91 Å². The van der Waals surface area contributed by atoms with E-state index in [0.29, 0.717) is 12.1 Å². The molecule has 0 spiro atoms. The number of carboxylic acid groups (broad SMARTS) is 1. The number of hydrogen-bond acceptors (Lipinski definition) is 3. The summed E-state index contributed by atoms with van der Waals surface area (Å²) in [6.07, 6.45) is 2.03. The number of aliphatic carboxylic acids is 1. The molecular weight excluding hydrogens is 244 g/mol. The number of carboxylic acids is 1. The zero-order valence-electron chi connectivity index (χ0n) is 9.36. The van der Waals surface area contributed by atoms with Crippen LogP contribution >= 0.6 is 11.6 Å². The Labute approximate surface area is 104 Å². The molecule has 0 bridgehead atoms. The van der Waals surface area contributed by atoms with Crippen LogP contribution in [0.1, 0.15) is 24.8 Å². The normalized spacial score (nSPS) is 10.0. The molecule has 0 saturated heterocycles. The van der Waals surface area contributed by atoms with Crippen LogP contribution in [-0.4, -0.2) is 22.0 Å². The van der Waals surface area contributed by atoms with Crippen LogP contribution in [0.4, 0.5) is 5.69 Å². The SMILES string of the molecule is Cc1cnc(Cl)c(NC(=O)CCCC(=O)O)c1. The Kier molecular flexibility index (Phi) is 4.90. The van der Waals surface area contributed by atoms with Gasteiger partial charge in [0.05, 0.1) is 5.69 Å².